The fraction of sp³-hybridized carbons (Fsp3) is 0.467. The van der Waals surface area contributed by atoms with Crippen molar-refractivity contribution in [2.24, 2.45) is 11.7 Å². The Hall–Kier alpha value is -1.93. The van der Waals surface area contributed by atoms with Gasteiger partial charge in [-0.2, -0.15) is 4.31 Å². The van der Waals surface area contributed by atoms with Crippen LogP contribution in [0, 0.1) is 5.92 Å². The van der Waals surface area contributed by atoms with Gasteiger partial charge in [-0.05, 0) is 37.1 Å². The minimum atomic E-state index is -3.69. The smallest absolute Gasteiger partial charge is 0.248 e. The van der Waals surface area contributed by atoms with Gasteiger partial charge in [-0.1, -0.05) is 0 Å². The van der Waals surface area contributed by atoms with E-state index in [1.807, 2.05) is 0 Å². The standard InChI is InChI=1S/C15H21N3O4S/c1-17(2)15(20)12-4-3-9-18(10-12)23(21,22)13-7-5-11(6-8-13)14(16)19/h5-8,12H,3-4,9-10H2,1-2H3,(H2,16,19)/t12-/m0/s1. The molecule has 0 aromatic heterocycles. The lowest BCUT2D eigenvalue weighted by Crippen LogP contribution is -2.45. The molecule has 2 rings (SSSR count). The molecule has 0 saturated carbocycles. The van der Waals surface area contributed by atoms with E-state index in [-0.39, 0.29) is 28.8 Å². The first-order valence-electron chi connectivity index (χ1n) is 7.34. The molecule has 0 aliphatic carbocycles. The maximum Gasteiger partial charge on any atom is 0.248 e. The van der Waals surface area contributed by atoms with Gasteiger partial charge >= 0.3 is 0 Å². The summed E-state index contributed by atoms with van der Waals surface area (Å²) in [6.45, 7) is 0.564. The summed E-state index contributed by atoms with van der Waals surface area (Å²) in [7, 11) is -0.356. The first-order valence-corrected chi connectivity index (χ1v) is 8.78. The Labute approximate surface area is 136 Å². The number of hydrogen-bond acceptors (Lipinski definition) is 4. The molecule has 1 aromatic carbocycles. The van der Waals surface area contributed by atoms with Crippen LogP contribution in [0.4, 0.5) is 0 Å². The van der Waals surface area contributed by atoms with Gasteiger partial charge in [0.15, 0.2) is 0 Å². The molecule has 1 heterocycles. The van der Waals surface area contributed by atoms with E-state index in [2.05, 4.69) is 0 Å². The van der Waals surface area contributed by atoms with E-state index in [0.29, 0.717) is 19.4 Å². The molecule has 1 aromatic rings. The normalized spacial score (nSPS) is 19.3. The van der Waals surface area contributed by atoms with E-state index in [0.717, 1.165) is 0 Å². The van der Waals surface area contributed by atoms with Crippen molar-refractivity contribution in [3.8, 4) is 0 Å². The lowest BCUT2D eigenvalue weighted by molar-refractivity contribution is -0.134. The molecule has 1 fully saturated rings. The van der Waals surface area contributed by atoms with Crippen LogP contribution in [0.2, 0.25) is 0 Å². The number of hydrogen-bond donors (Lipinski definition) is 1. The zero-order valence-corrected chi connectivity index (χ0v) is 14.0. The fourth-order valence-corrected chi connectivity index (χ4v) is 4.19. The summed E-state index contributed by atoms with van der Waals surface area (Å²) in [5.41, 5.74) is 5.41. The highest BCUT2D eigenvalue weighted by Gasteiger charge is 2.33. The molecule has 2 amide bonds. The van der Waals surface area contributed by atoms with Crippen LogP contribution in [-0.4, -0.2) is 56.6 Å². The Balaban J connectivity index is 2.21. The van der Waals surface area contributed by atoms with Gasteiger partial charge in [0, 0.05) is 32.7 Å². The molecule has 1 atom stereocenters. The number of benzene rings is 1. The average Bonchev–Trinajstić information content (AvgIpc) is 2.54. The Morgan fingerprint density at radius 3 is 2.35 bits per heavy atom. The number of nitrogens with zero attached hydrogens (tertiary/aromatic N) is 2. The quantitative estimate of drug-likeness (QED) is 0.851. The highest BCUT2D eigenvalue weighted by atomic mass is 32.2. The van der Waals surface area contributed by atoms with E-state index in [1.54, 1.807) is 14.1 Å². The largest absolute Gasteiger partial charge is 0.366 e. The first kappa shape index (κ1) is 17.4. The third kappa shape index (κ3) is 3.70. The van der Waals surface area contributed by atoms with Crippen LogP contribution in [0.25, 0.3) is 0 Å². The fourth-order valence-electron chi connectivity index (χ4n) is 2.67. The summed E-state index contributed by atoms with van der Waals surface area (Å²) < 4.78 is 26.7. The maximum absolute atomic E-state index is 12.7. The van der Waals surface area contributed by atoms with E-state index in [1.165, 1.54) is 33.5 Å². The molecule has 1 aliphatic heterocycles. The first-order chi connectivity index (χ1) is 10.7. The van der Waals surface area contributed by atoms with Crippen molar-refractivity contribution in [2.75, 3.05) is 27.2 Å². The second kappa shape index (κ2) is 6.67. The summed E-state index contributed by atoms with van der Waals surface area (Å²) in [5, 5.41) is 0. The van der Waals surface area contributed by atoms with Crippen molar-refractivity contribution in [2.45, 2.75) is 17.7 Å². The molecule has 2 N–H and O–H groups in total. The monoisotopic (exact) mass is 339 g/mol. The molecule has 0 bridgehead atoms. The Morgan fingerprint density at radius 1 is 1.22 bits per heavy atom. The van der Waals surface area contributed by atoms with Crippen molar-refractivity contribution >= 4 is 21.8 Å². The maximum atomic E-state index is 12.7. The molecule has 1 aliphatic rings. The van der Waals surface area contributed by atoms with Crippen molar-refractivity contribution in [3.63, 3.8) is 0 Å². The zero-order chi connectivity index (χ0) is 17.2. The topological polar surface area (TPSA) is 101 Å². The molecule has 8 heteroatoms. The van der Waals surface area contributed by atoms with Gasteiger partial charge < -0.3 is 10.6 Å². The highest BCUT2D eigenvalue weighted by Crippen LogP contribution is 2.24. The number of primary amides is 1. The molecule has 0 unspecified atom stereocenters. The lowest BCUT2D eigenvalue weighted by atomic mass is 9.98. The minimum absolute atomic E-state index is 0.0611. The van der Waals surface area contributed by atoms with Crippen LogP contribution in [0.1, 0.15) is 23.2 Å². The summed E-state index contributed by atoms with van der Waals surface area (Å²) >= 11 is 0. The van der Waals surface area contributed by atoms with Crippen LogP contribution in [0.15, 0.2) is 29.2 Å². The van der Waals surface area contributed by atoms with Crippen molar-refractivity contribution in [3.05, 3.63) is 29.8 Å². The number of carbonyl (C=O) groups excluding carboxylic acids is 2. The summed E-state index contributed by atoms with van der Waals surface area (Å²) in [5.74, 6) is -0.990. The van der Waals surface area contributed by atoms with Crippen molar-refractivity contribution < 1.29 is 18.0 Å². The predicted octanol–water partition coefficient (Wildman–Crippen LogP) is 0.274. The number of rotatable bonds is 4. The molecule has 0 radical (unpaired) electrons. The second-order valence-electron chi connectivity index (χ2n) is 5.82. The summed E-state index contributed by atoms with van der Waals surface area (Å²) in [6.07, 6.45) is 1.33. The number of sulfonamides is 1. The van der Waals surface area contributed by atoms with Crippen LogP contribution >= 0.6 is 0 Å². The molecular formula is C15H21N3O4S. The van der Waals surface area contributed by atoms with E-state index in [9.17, 15) is 18.0 Å². The Morgan fingerprint density at radius 2 is 1.83 bits per heavy atom. The Kier molecular flexibility index (Phi) is 5.06. The SMILES string of the molecule is CN(C)C(=O)[C@H]1CCCN(S(=O)(=O)c2ccc(C(N)=O)cc2)C1. The van der Waals surface area contributed by atoms with E-state index >= 15 is 0 Å². The van der Waals surface area contributed by atoms with E-state index < -0.39 is 15.9 Å². The minimum Gasteiger partial charge on any atom is -0.366 e. The lowest BCUT2D eigenvalue weighted by Gasteiger charge is -2.32. The number of amides is 2. The molecule has 126 valence electrons. The molecular weight excluding hydrogens is 318 g/mol. The number of nitrogens with two attached hydrogens (primary N) is 1. The third-order valence-electron chi connectivity index (χ3n) is 3.95. The van der Waals surface area contributed by atoms with E-state index in [4.69, 9.17) is 5.73 Å². The van der Waals surface area contributed by atoms with Crippen molar-refractivity contribution in [1.82, 2.24) is 9.21 Å². The van der Waals surface area contributed by atoms with Gasteiger partial charge in [0.1, 0.15) is 0 Å². The molecule has 7 nitrogen and oxygen atoms in total. The molecule has 1 saturated heterocycles. The summed E-state index contributed by atoms with van der Waals surface area (Å²) in [6, 6.07) is 5.52. The molecule has 0 spiro atoms. The van der Waals surface area contributed by atoms with Crippen LogP contribution in [-0.2, 0) is 14.8 Å². The van der Waals surface area contributed by atoms with Gasteiger partial charge in [-0.25, -0.2) is 8.42 Å². The summed E-state index contributed by atoms with van der Waals surface area (Å²) in [4.78, 5) is 24.7. The molecule has 23 heavy (non-hydrogen) atoms. The van der Waals surface area contributed by atoms with Crippen LogP contribution < -0.4 is 5.73 Å². The van der Waals surface area contributed by atoms with Gasteiger partial charge in [-0.3, -0.25) is 9.59 Å². The van der Waals surface area contributed by atoms with Crippen LogP contribution in [0.5, 0.6) is 0 Å². The number of piperidine rings is 1. The predicted molar refractivity (Wildman–Crippen MR) is 85.1 cm³/mol. The average molecular weight is 339 g/mol. The highest BCUT2D eigenvalue weighted by molar-refractivity contribution is 7.89. The van der Waals surface area contributed by atoms with Gasteiger partial charge in [-0.15, -0.1) is 0 Å². The Bertz CT molecular complexity index is 698. The van der Waals surface area contributed by atoms with Gasteiger partial charge in [0.2, 0.25) is 21.8 Å². The second-order valence-corrected chi connectivity index (χ2v) is 7.76. The van der Waals surface area contributed by atoms with Crippen LogP contribution in [0.3, 0.4) is 0 Å². The third-order valence-corrected chi connectivity index (χ3v) is 5.83. The zero-order valence-electron chi connectivity index (χ0n) is 13.2. The number of carbonyl (C=O) groups is 2. The van der Waals surface area contributed by atoms with Crippen molar-refractivity contribution in [1.29, 1.82) is 0 Å². The van der Waals surface area contributed by atoms with Gasteiger partial charge in [0.05, 0.1) is 10.8 Å². The van der Waals surface area contributed by atoms with Gasteiger partial charge in [0.25, 0.3) is 0 Å².